The molecular weight excluding hydrogens is 264 g/mol. The van der Waals surface area contributed by atoms with Gasteiger partial charge in [-0.15, -0.1) is 0 Å². The number of nitrogens with one attached hydrogen (secondary N) is 1. The first kappa shape index (κ1) is 13.0. The summed E-state index contributed by atoms with van der Waals surface area (Å²) in [5.74, 6) is 0.892. The Hall–Kier alpha value is -1.75. The highest BCUT2D eigenvalue weighted by Crippen LogP contribution is 2.40. The molecule has 0 amide bonds. The highest BCUT2D eigenvalue weighted by Gasteiger charge is 2.39. The van der Waals surface area contributed by atoms with E-state index >= 15 is 0 Å². The number of hydrogen-bond donors (Lipinski definition) is 1. The molecule has 2 aromatic heterocycles. The van der Waals surface area contributed by atoms with Gasteiger partial charge in [-0.1, -0.05) is 12.8 Å². The lowest BCUT2D eigenvalue weighted by molar-refractivity contribution is -0.0767. The smallest absolute Gasteiger partial charge is 0.180 e. The summed E-state index contributed by atoms with van der Waals surface area (Å²) in [5, 5.41) is 3.57. The van der Waals surface area contributed by atoms with Gasteiger partial charge in [0.2, 0.25) is 0 Å². The lowest BCUT2D eigenvalue weighted by Crippen LogP contribution is -2.42. The zero-order valence-corrected chi connectivity index (χ0v) is 12.1. The van der Waals surface area contributed by atoms with E-state index in [1.165, 1.54) is 25.7 Å². The molecule has 1 unspecified atom stereocenters. The van der Waals surface area contributed by atoms with E-state index in [0.29, 0.717) is 11.7 Å². The quantitative estimate of drug-likeness (QED) is 0.918. The molecule has 21 heavy (non-hydrogen) atoms. The number of aromatic nitrogens is 3. The minimum absolute atomic E-state index is 0.132. The third-order valence-corrected chi connectivity index (χ3v) is 4.69. The fourth-order valence-corrected chi connectivity index (χ4v) is 3.66. The van der Waals surface area contributed by atoms with Crippen LogP contribution in [-0.4, -0.2) is 33.2 Å². The van der Waals surface area contributed by atoms with Crippen molar-refractivity contribution in [3.63, 3.8) is 0 Å². The van der Waals surface area contributed by atoms with Gasteiger partial charge in [0.25, 0.3) is 0 Å². The maximum atomic E-state index is 6.08. The number of rotatable bonds is 2. The SMILES string of the molecule is c1cnc2nc(NC3CCOC4(CCCC4)C3)ccc2n1. The molecule has 1 saturated heterocycles. The van der Waals surface area contributed by atoms with Crippen molar-refractivity contribution >= 4 is 17.0 Å². The number of ether oxygens (including phenoxy) is 1. The van der Waals surface area contributed by atoms with Crippen LogP contribution in [0, 0.1) is 0 Å². The van der Waals surface area contributed by atoms with E-state index in [4.69, 9.17) is 4.74 Å². The van der Waals surface area contributed by atoms with Crippen molar-refractivity contribution in [1.82, 2.24) is 15.0 Å². The fraction of sp³-hybridized carbons (Fsp3) is 0.562. The molecule has 1 atom stereocenters. The summed E-state index contributed by atoms with van der Waals surface area (Å²) in [4.78, 5) is 13.1. The van der Waals surface area contributed by atoms with E-state index in [1.54, 1.807) is 12.4 Å². The highest BCUT2D eigenvalue weighted by atomic mass is 16.5. The van der Waals surface area contributed by atoms with Crippen molar-refractivity contribution in [2.75, 3.05) is 11.9 Å². The van der Waals surface area contributed by atoms with Gasteiger partial charge < -0.3 is 10.1 Å². The van der Waals surface area contributed by atoms with Gasteiger partial charge in [0.15, 0.2) is 5.65 Å². The first-order valence-electron chi connectivity index (χ1n) is 7.81. The molecule has 1 saturated carbocycles. The molecule has 3 heterocycles. The van der Waals surface area contributed by atoms with Crippen LogP contribution in [0.2, 0.25) is 0 Å². The zero-order valence-electron chi connectivity index (χ0n) is 12.1. The summed E-state index contributed by atoms with van der Waals surface area (Å²) in [6, 6.07) is 4.41. The van der Waals surface area contributed by atoms with Gasteiger partial charge in [-0.05, 0) is 37.8 Å². The Morgan fingerprint density at radius 1 is 1.14 bits per heavy atom. The monoisotopic (exact) mass is 284 g/mol. The second-order valence-corrected chi connectivity index (χ2v) is 6.17. The van der Waals surface area contributed by atoms with Crippen molar-refractivity contribution in [3.8, 4) is 0 Å². The third-order valence-electron chi connectivity index (χ3n) is 4.69. The first-order valence-corrected chi connectivity index (χ1v) is 7.81. The Morgan fingerprint density at radius 3 is 2.90 bits per heavy atom. The van der Waals surface area contributed by atoms with Crippen LogP contribution in [0.15, 0.2) is 24.5 Å². The Kier molecular flexibility index (Phi) is 3.22. The van der Waals surface area contributed by atoms with E-state index in [9.17, 15) is 0 Å². The molecule has 1 spiro atoms. The largest absolute Gasteiger partial charge is 0.375 e. The van der Waals surface area contributed by atoms with Crippen molar-refractivity contribution in [3.05, 3.63) is 24.5 Å². The molecule has 5 heteroatoms. The normalized spacial score (nSPS) is 24.5. The number of hydrogen-bond acceptors (Lipinski definition) is 5. The van der Waals surface area contributed by atoms with E-state index in [0.717, 1.165) is 30.8 Å². The summed E-state index contributed by atoms with van der Waals surface area (Å²) >= 11 is 0. The van der Waals surface area contributed by atoms with Crippen LogP contribution in [0.3, 0.4) is 0 Å². The third kappa shape index (κ3) is 2.58. The average Bonchev–Trinajstić information content (AvgIpc) is 2.95. The Bertz CT molecular complexity index is 639. The van der Waals surface area contributed by atoms with Gasteiger partial charge in [0.1, 0.15) is 11.3 Å². The van der Waals surface area contributed by atoms with Gasteiger partial charge in [0.05, 0.1) is 5.60 Å². The summed E-state index contributed by atoms with van der Waals surface area (Å²) in [5.41, 5.74) is 1.67. The topological polar surface area (TPSA) is 59.9 Å². The minimum Gasteiger partial charge on any atom is -0.375 e. The predicted molar refractivity (Wildman–Crippen MR) is 81.1 cm³/mol. The molecule has 110 valence electrons. The molecule has 0 aromatic carbocycles. The lowest BCUT2D eigenvalue weighted by Gasteiger charge is -2.38. The first-order chi connectivity index (χ1) is 10.3. The van der Waals surface area contributed by atoms with Crippen LogP contribution >= 0.6 is 0 Å². The van der Waals surface area contributed by atoms with Gasteiger partial charge in [-0.25, -0.2) is 9.97 Å². The van der Waals surface area contributed by atoms with Crippen LogP contribution < -0.4 is 5.32 Å². The maximum absolute atomic E-state index is 6.08. The maximum Gasteiger partial charge on any atom is 0.180 e. The van der Waals surface area contributed by atoms with Crippen LogP contribution in [0.1, 0.15) is 38.5 Å². The molecular formula is C16H20N4O. The molecule has 1 aliphatic carbocycles. The van der Waals surface area contributed by atoms with Gasteiger partial charge in [0, 0.05) is 25.0 Å². The average molecular weight is 284 g/mol. The number of nitrogens with zero attached hydrogens (tertiary/aromatic N) is 3. The predicted octanol–water partition coefficient (Wildman–Crippen LogP) is 2.93. The Balaban J connectivity index is 1.51. The van der Waals surface area contributed by atoms with Crippen LogP contribution in [0.25, 0.3) is 11.2 Å². The van der Waals surface area contributed by atoms with Crippen LogP contribution in [-0.2, 0) is 4.74 Å². The molecule has 4 rings (SSSR count). The minimum atomic E-state index is 0.132. The number of pyridine rings is 1. The van der Waals surface area contributed by atoms with Crippen molar-refractivity contribution in [2.24, 2.45) is 0 Å². The van der Waals surface area contributed by atoms with Gasteiger partial charge >= 0.3 is 0 Å². The van der Waals surface area contributed by atoms with Gasteiger partial charge in [-0.3, -0.25) is 4.98 Å². The summed E-state index contributed by atoms with van der Waals surface area (Å²) in [6.45, 7) is 0.852. The molecule has 2 fully saturated rings. The van der Waals surface area contributed by atoms with E-state index in [-0.39, 0.29) is 5.60 Å². The molecule has 2 aliphatic rings. The zero-order chi connectivity index (χ0) is 14.1. The molecule has 0 radical (unpaired) electrons. The summed E-state index contributed by atoms with van der Waals surface area (Å²) < 4.78 is 6.08. The molecule has 1 aliphatic heterocycles. The second-order valence-electron chi connectivity index (χ2n) is 6.17. The fourth-order valence-electron chi connectivity index (χ4n) is 3.66. The molecule has 5 nitrogen and oxygen atoms in total. The Morgan fingerprint density at radius 2 is 2.00 bits per heavy atom. The molecule has 1 N–H and O–H groups in total. The van der Waals surface area contributed by atoms with Crippen molar-refractivity contribution < 1.29 is 4.74 Å². The highest BCUT2D eigenvalue weighted by molar-refractivity contribution is 5.71. The van der Waals surface area contributed by atoms with Crippen molar-refractivity contribution in [1.29, 1.82) is 0 Å². The second kappa shape index (κ2) is 5.22. The van der Waals surface area contributed by atoms with E-state index in [2.05, 4.69) is 20.3 Å². The Labute approximate surface area is 124 Å². The van der Waals surface area contributed by atoms with Crippen LogP contribution in [0.4, 0.5) is 5.82 Å². The number of fused-ring (bicyclic) bond motifs is 1. The number of anilines is 1. The van der Waals surface area contributed by atoms with E-state index in [1.807, 2.05) is 12.1 Å². The standard InChI is InChI=1S/C16H20N4O/c1-2-7-16(6-1)11-12(5-10-21-16)19-14-4-3-13-15(20-14)18-9-8-17-13/h3-4,8-9,12H,1-2,5-7,10-11H2,(H,18,19,20). The molecule has 2 aromatic rings. The summed E-state index contributed by atoms with van der Waals surface area (Å²) in [7, 11) is 0. The van der Waals surface area contributed by atoms with Crippen molar-refractivity contribution in [2.45, 2.75) is 50.2 Å². The molecule has 0 bridgehead atoms. The lowest BCUT2D eigenvalue weighted by atomic mass is 9.89. The van der Waals surface area contributed by atoms with Gasteiger partial charge in [-0.2, -0.15) is 0 Å². The van der Waals surface area contributed by atoms with E-state index < -0.39 is 0 Å². The van der Waals surface area contributed by atoms with Crippen LogP contribution in [0.5, 0.6) is 0 Å². The summed E-state index contributed by atoms with van der Waals surface area (Å²) in [6.07, 6.45) is 10.5.